The van der Waals surface area contributed by atoms with E-state index in [1.54, 1.807) is 7.11 Å². The van der Waals surface area contributed by atoms with E-state index in [1.807, 2.05) is 0 Å². The Balaban J connectivity index is 1.90. The van der Waals surface area contributed by atoms with E-state index < -0.39 is 23.9 Å². The molecule has 0 fully saturated rings. The number of rotatable bonds is 9. The monoisotopic (exact) mass is 404 g/mol. The van der Waals surface area contributed by atoms with Crippen molar-refractivity contribution in [1.29, 1.82) is 0 Å². The molecule has 0 amide bonds. The van der Waals surface area contributed by atoms with Crippen LogP contribution >= 0.6 is 0 Å². The van der Waals surface area contributed by atoms with Crippen LogP contribution in [-0.2, 0) is 18.9 Å². The van der Waals surface area contributed by atoms with Crippen molar-refractivity contribution < 1.29 is 42.5 Å². The summed E-state index contributed by atoms with van der Waals surface area (Å²) in [6.45, 7) is 0.746. The highest BCUT2D eigenvalue weighted by Crippen LogP contribution is 2.13. The van der Waals surface area contributed by atoms with Crippen molar-refractivity contribution in [2.75, 3.05) is 27.4 Å². The maximum atomic E-state index is 12.0. The normalized spacial score (nSPS) is 10.3. The molecule has 0 saturated carbocycles. The number of furan rings is 1. The van der Waals surface area contributed by atoms with Gasteiger partial charge in [-0.1, -0.05) is 0 Å². The number of hydrogen-bond donors (Lipinski definition) is 0. The van der Waals surface area contributed by atoms with E-state index in [-0.39, 0.29) is 29.3 Å². The Morgan fingerprint density at radius 2 is 1.28 bits per heavy atom. The number of unbranched alkanes of at least 4 members (excludes halogenated alkanes) is 1. The molecule has 9 heteroatoms. The third-order valence-corrected chi connectivity index (χ3v) is 3.71. The van der Waals surface area contributed by atoms with E-state index in [2.05, 4.69) is 4.74 Å². The number of ether oxygens (including phenoxy) is 4. The second kappa shape index (κ2) is 10.8. The number of carbonyl (C=O) groups excluding carboxylic acids is 4. The summed E-state index contributed by atoms with van der Waals surface area (Å²) in [4.78, 5) is 47.3. The van der Waals surface area contributed by atoms with Gasteiger partial charge in [-0.3, -0.25) is 0 Å². The fourth-order valence-corrected chi connectivity index (χ4v) is 2.20. The second-order valence-electron chi connectivity index (χ2n) is 5.75. The van der Waals surface area contributed by atoms with Crippen LogP contribution in [0.2, 0.25) is 0 Å². The maximum Gasteiger partial charge on any atom is 0.382 e. The molecule has 1 aromatic carbocycles. The number of esters is 4. The molecule has 0 aliphatic carbocycles. The van der Waals surface area contributed by atoms with Crippen LogP contribution in [-0.4, -0.2) is 51.3 Å². The summed E-state index contributed by atoms with van der Waals surface area (Å²) in [5, 5.41) is 0. The first-order valence-corrected chi connectivity index (χ1v) is 8.67. The molecular formula is C20H20O9. The lowest BCUT2D eigenvalue weighted by molar-refractivity contribution is 0.0368. The SMILES string of the molecule is COCCCCOC(=O)c1ccc(C(=O)OC(=O)c2ccc(C(=O)OC)cc2)o1. The minimum atomic E-state index is -1.06. The number of benzene rings is 1. The van der Waals surface area contributed by atoms with E-state index in [1.165, 1.54) is 43.5 Å². The summed E-state index contributed by atoms with van der Waals surface area (Å²) < 4.78 is 24.3. The Bertz CT molecular complexity index is 864. The molecule has 1 aromatic heterocycles. The van der Waals surface area contributed by atoms with E-state index >= 15 is 0 Å². The van der Waals surface area contributed by atoms with Crippen molar-refractivity contribution in [3.63, 3.8) is 0 Å². The van der Waals surface area contributed by atoms with Crippen LogP contribution in [0.3, 0.4) is 0 Å². The predicted octanol–water partition coefficient (Wildman–Crippen LogP) is 2.65. The van der Waals surface area contributed by atoms with Crippen molar-refractivity contribution in [1.82, 2.24) is 0 Å². The highest BCUT2D eigenvalue weighted by molar-refractivity contribution is 6.02. The van der Waals surface area contributed by atoms with Gasteiger partial charge in [0.25, 0.3) is 0 Å². The number of methoxy groups -OCH3 is 2. The van der Waals surface area contributed by atoms with Gasteiger partial charge in [-0.2, -0.15) is 0 Å². The summed E-state index contributed by atoms with van der Waals surface area (Å²) in [5.74, 6) is -3.80. The van der Waals surface area contributed by atoms with Crippen LogP contribution in [0.5, 0.6) is 0 Å². The van der Waals surface area contributed by atoms with E-state index in [0.29, 0.717) is 13.0 Å². The minimum Gasteiger partial charge on any atom is -0.465 e. The van der Waals surface area contributed by atoms with Crippen LogP contribution in [0, 0.1) is 0 Å². The van der Waals surface area contributed by atoms with Crippen LogP contribution in [0.15, 0.2) is 40.8 Å². The number of carbonyl (C=O) groups is 4. The molecule has 154 valence electrons. The van der Waals surface area contributed by atoms with Gasteiger partial charge in [0.1, 0.15) is 0 Å². The molecule has 1 heterocycles. The predicted molar refractivity (Wildman–Crippen MR) is 97.6 cm³/mol. The molecule has 0 bridgehead atoms. The van der Waals surface area contributed by atoms with Gasteiger partial charge >= 0.3 is 23.9 Å². The second-order valence-corrected chi connectivity index (χ2v) is 5.75. The lowest BCUT2D eigenvalue weighted by Crippen LogP contribution is -2.13. The zero-order valence-corrected chi connectivity index (χ0v) is 16.0. The van der Waals surface area contributed by atoms with Gasteiger partial charge in [-0.15, -0.1) is 0 Å². The van der Waals surface area contributed by atoms with Crippen molar-refractivity contribution in [3.8, 4) is 0 Å². The van der Waals surface area contributed by atoms with Gasteiger partial charge in [-0.25, -0.2) is 19.2 Å². The Morgan fingerprint density at radius 1 is 0.724 bits per heavy atom. The largest absolute Gasteiger partial charge is 0.465 e. The maximum absolute atomic E-state index is 12.0. The molecule has 9 nitrogen and oxygen atoms in total. The van der Waals surface area contributed by atoms with Crippen LogP contribution in [0.1, 0.15) is 54.7 Å². The lowest BCUT2D eigenvalue weighted by Gasteiger charge is -2.03. The molecule has 0 N–H and O–H groups in total. The number of hydrogen-bond acceptors (Lipinski definition) is 9. The van der Waals surface area contributed by atoms with E-state index in [9.17, 15) is 19.2 Å². The Morgan fingerprint density at radius 3 is 1.86 bits per heavy atom. The summed E-state index contributed by atoms with van der Waals surface area (Å²) in [5.41, 5.74) is 0.292. The van der Waals surface area contributed by atoms with Crippen LogP contribution in [0.25, 0.3) is 0 Å². The van der Waals surface area contributed by atoms with Crippen molar-refractivity contribution in [2.45, 2.75) is 12.8 Å². The van der Waals surface area contributed by atoms with Crippen LogP contribution < -0.4 is 0 Å². The molecular weight excluding hydrogens is 384 g/mol. The highest BCUT2D eigenvalue weighted by Gasteiger charge is 2.21. The fourth-order valence-electron chi connectivity index (χ4n) is 2.20. The zero-order valence-electron chi connectivity index (χ0n) is 16.0. The third-order valence-electron chi connectivity index (χ3n) is 3.71. The first-order chi connectivity index (χ1) is 14.0. The van der Waals surface area contributed by atoms with Crippen LogP contribution in [0.4, 0.5) is 0 Å². The van der Waals surface area contributed by atoms with Crippen molar-refractivity contribution >= 4 is 23.9 Å². The average molecular weight is 404 g/mol. The van der Waals surface area contributed by atoms with Gasteiger partial charge in [-0.05, 0) is 49.2 Å². The summed E-state index contributed by atoms with van der Waals surface area (Å²) >= 11 is 0. The van der Waals surface area contributed by atoms with E-state index in [0.717, 1.165) is 6.42 Å². The van der Waals surface area contributed by atoms with Crippen molar-refractivity contribution in [2.24, 2.45) is 0 Å². The summed E-state index contributed by atoms with van der Waals surface area (Å²) in [6.07, 6.45) is 1.36. The minimum absolute atomic E-state index is 0.0493. The smallest absolute Gasteiger partial charge is 0.382 e. The molecule has 0 atom stereocenters. The fraction of sp³-hybridized carbons (Fsp3) is 0.300. The molecule has 0 aliphatic rings. The Labute approximate surface area is 166 Å². The molecule has 2 aromatic rings. The molecule has 0 saturated heterocycles. The molecule has 0 radical (unpaired) electrons. The van der Waals surface area contributed by atoms with Crippen molar-refractivity contribution in [3.05, 3.63) is 59.0 Å². The molecule has 0 spiro atoms. The topological polar surface area (TPSA) is 118 Å². The standard InChI is InChI=1S/C20H20O9/c1-25-11-3-4-12-27-19(23)15-9-10-16(28-15)20(24)29-18(22)14-7-5-13(6-8-14)17(21)26-2/h5-10H,3-4,11-12H2,1-2H3. The zero-order chi connectivity index (χ0) is 21.2. The summed E-state index contributed by atoms with van der Waals surface area (Å²) in [6, 6.07) is 7.81. The van der Waals surface area contributed by atoms with Gasteiger partial charge in [0, 0.05) is 13.7 Å². The first-order valence-electron chi connectivity index (χ1n) is 8.67. The average Bonchev–Trinajstić information content (AvgIpc) is 3.23. The van der Waals surface area contributed by atoms with Gasteiger partial charge in [0.2, 0.25) is 11.5 Å². The van der Waals surface area contributed by atoms with Gasteiger partial charge in [0.15, 0.2) is 0 Å². The summed E-state index contributed by atoms with van der Waals surface area (Å²) in [7, 11) is 2.82. The Kier molecular flexibility index (Phi) is 8.11. The quantitative estimate of drug-likeness (QED) is 0.269. The van der Waals surface area contributed by atoms with E-state index in [4.69, 9.17) is 18.6 Å². The highest BCUT2D eigenvalue weighted by atomic mass is 16.6. The van der Waals surface area contributed by atoms with Gasteiger partial charge < -0.3 is 23.4 Å². The molecule has 0 aliphatic heterocycles. The first kappa shape index (κ1) is 21.8. The molecule has 29 heavy (non-hydrogen) atoms. The third kappa shape index (κ3) is 6.28. The van der Waals surface area contributed by atoms with Gasteiger partial charge in [0.05, 0.1) is 24.8 Å². The molecule has 2 rings (SSSR count). The molecule has 0 unspecified atom stereocenters. The lowest BCUT2D eigenvalue weighted by atomic mass is 10.1. The Hall–Kier alpha value is -3.46.